The number of hydrogen-bond acceptors (Lipinski definition) is 3. The van der Waals surface area contributed by atoms with E-state index in [1.807, 2.05) is 0 Å². The summed E-state index contributed by atoms with van der Waals surface area (Å²) in [6.45, 7) is 2.16. The van der Waals surface area contributed by atoms with Crippen LogP contribution in [0, 0.1) is 11.2 Å². The number of benzene rings is 1. The molecule has 0 aliphatic rings. The van der Waals surface area contributed by atoms with Crippen LogP contribution in [0.25, 0.3) is 0 Å². The normalized spacial score (nSPS) is 11.8. The predicted molar refractivity (Wildman–Crippen MR) is 142 cm³/mol. The Hall–Kier alpha value is -0.110. The molecule has 180 valence electrons. The van der Waals surface area contributed by atoms with Crippen molar-refractivity contribution in [2.24, 2.45) is 5.73 Å². The van der Waals surface area contributed by atoms with Gasteiger partial charge in [-0.25, -0.2) is 4.39 Å². The zero-order valence-electron chi connectivity index (χ0n) is 18.7. The zero-order valence-corrected chi connectivity index (χ0v) is 22.8. The highest BCUT2D eigenvalue weighted by Gasteiger charge is 2.16. The largest absolute Gasteiger partial charge is 0.379 e. The average Bonchev–Trinajstić information content (AvgIpc) is 2.71. The minimum Gasteiger partial charge on any atom is -0.379 e. The van der Waals surface area contributed by atoms with E-state index >= 15 is 0 Å². The third-order valence-corrected chi connectivity index (χ3v) is 7.91. The predicted octanol–water partition coefficient (Wildman–Crippen LogP) is 8.03. The Labute approximate surface area is 210 Å². The Kier molecular flexibility index (Phi) is 19.3. The quantitative estimate of drug-likeness (QED) is 0.116. The molecule has 1 atom stereocenters. The summed E-state index contributed by atoms with van der Waals surface area (Å²) in [7, 11) is -1.12. The molecule has 0 amide bonds. The molecule has 8 heteroatoms. The van der Waals surface area contributed by atoms with Crippen LogP contribution >= 0.6 is 40.3 Å². The van der Waals surface area contributed by atoms with E-state index in [0.29, 0.717) is 12.2 Å². The highest BCUT2D eigenvalue weighted by Crippen LogP contribution is 2.28. The third-order valence-electron chi connectivity index (χ3n) is 5.16. The Morgan fingerprint density at radius 3 is 2.23 bits per heavy atom. The van der Waals surface area contributed by atoms with Gasteiger partial charge >= 0.3 is 0 Å². The second-order valence-corrected chi connectivity index (χ2v) is 10.8. The van der Waals surface area contributed by atoms with E-state index in [0.717, 1.165) is 67.6 Å². The van der Waals surface area contributed by atoms with Crippen molar-refractivity contribution in [3.63, 3.8) is 0 Å². The minimum absolute atomic E-state index is 0. The van der Waals surface area contributed by atoms with Crippen LogP contribution in [-0.4, -0.2) is 20.9 Å². The number of nitrogens with two attached hydrogens (primary N) is 1. The van der Waals surface area contributed by atoms with E-state index in [4.69, 9.17) is 22.7 Å². The summed E-state index contributed by atoms with van der Waals surface area (Å²) in [6, 6.07) is 3.01. The van der Waals surface area contributed by atoms with Crippen molar-refractivity contribution in [3.05, 3.63) is 28.5 Å². The van der Waals surface area contributed by atoms with E-state index in [9.17, 15) is 8.60 Å². The maximum absolute atomic E-state index is 13.9. The lowest BCUT2D eigenvalue weighted by Crippen LogP contribution is -2.04. The summed E-state index contributed by atoms with van der Waals surface area (Å²) in [5.41, 5.74) is 6.06. The first-order valence-electron chi connectivity index (χ1n) is 11.3. The fourth-order valence-electron chi connectivity index (χ4n) is 3.44. The molecule has 1 aromatic carbocycles. The van der Waals surface area contributed by atoms with Gasteiger partial charge in [0.2, 0.25) is 0 Å². The highest BCUT2D eigenvalue weighted by molar-refractivity contribution is 8.93. The first-order chi connectivity index (χ1) is 14.5. The minimum atomic E-state index is -1.12. The molecule has 0 aliphatic heterocycles. The van der Waals surface area contributed by atoms with E-state index < -0.39 is 16.6 Å². The molecule has 0 saturated heterocycles. The Bertz CT molecular complexity index is 665. The van der Waals surface area contributed by atoms with Gasteiger partial charge in [0.15, 0.2) is 5.17 Å². The van der Waals surface area contributed by atoms with Gasteiger partial charge in [0, 0.05) is 16.4 Å². The van der Waals surface area contributed by atoms with Crippen LogP contribution in [-0.2, 0) is 17.2 Å². The summed E-state index contributed by atoms with van der Waals surface area (Å²) in [6.07, 6.45) is 14.2. The van der Waals surface area contributed by atoms with Crippen LogP contribution in [0.2, 0.25) is 5.02 Å². The van der Waals surface area contributed by atoms with Crippen molar-refractivity contribution < 1.29 is 8.60 Å². The van der Waals surface area contributed by atoms with Crippen LogP contribution in [0.3, 0.4) is 0 Å². The van der Waals surface area contributed by atoms with Gasteiger partial charge in [-0.2, -0.15) is 0 Å². The average molecular weight is 558 g/mol. The number of amidine groups is 1. The molecule has 1 unspecified atom stereocenters. The molecule has 31 heavy (non-hydrogen) atoms. The molecule has 0 heterocycles. The highest BCUT2D eigenvalue weighted by atomic mass is 79.9. The number of unbranched alkanes of at least 4 members (excludes halogenated alkanes) is 10. The first kappa shape index (κ1) is 30.9. The van der Waals surface area contributed by atoms with E-state index in [1.165, 1.54) is 43.5 Å². The number of nitrogens with one attached hydrogen (secondary N) is 1. The second-order valence-electron chi connectivity index (χ2n) is 7.74. The van der Waals surface area contributed by atoms with Gasteiger partial charge in [-0.05, 0) is 43.4 Å². The molecule has 0 bridgehead atoms. The fourth-order valence-corrected chi connectivity index (χ4v) is 5.71. The van der Waals surface area contributed by atoms with Gasteiger partial charge in [-0.3, -0.25) is 9.62 Å². The molecule has 3 N–H and O–H groups in total. The number of hydrogen-bond donors (Lipinski definition) is 2. The van der Waals surface area contributed by atoms with Gasteiger partial charge in [0.25, 0.3) is 0 Å². The lowest BCUT2D eigenvalue weighted by Gasteiger charge is -2.12. The van der Waals surface area contributed by atoms with Crippen LogP contribution in [0.1, 0.15) is 89.5 Å². The molecule has 0 spiro atoms. The molecule has 1 aromatic rings. The van der Waals surface area contributed by atoms with E-state index in [1.54, 1.807) is 6.07 Å². The van der Waals surface area contributed by atoms with Gasteiger partial charge in [-0.1, -0.05) is 88.1 Å². The summed E-state index contributed by atoms with van der Waals surface area (Å²) < 4.78 is 26.7. The molecule has 3 nitrogen and oxygen atoms in total. The van der Waals surface area contributed by atoms with E-state index in [2.05, 4.69) is 6.92 Å². The molecule has 0 fully saturated rings. The van der Waals surface area contributed by atoms with Crippen molar-refractivity contribution >= 4 is 56.3 Å². The first-order valence-corrected chi connectivity index (χ1v) is 14.0. The van der Waals surface area contributed by atoms with Gasteiger partial charge in [0.05, 0.1) is 15.8 Å². The van der Waals surface area contributed by atoms with Crippen molar-refractivity contribution in [1.29, 1.82) is 5.41 Å². The van der Waals surface area contributed by atoms with Crippen molar-refractivity contribution in [2.45, 2.75) is 95.3 Å². The van der Waals surface area contributed by atoms with E-state index in [-0.39, 0.29) is 27.2 Å². The topological polar surface area (TPSA) is 66.9 Å². The van der Waals surface area contributed by atoms with Gasteiger partial charge < -0.3 is 5.73 Å². The molecule has 0 saturated carbocycles. The molecule has 0 radical (unpaired) electrons. The van der Waals surface area contributed by atoms with Crippen LogP contribution < -0.4 is 5.73 Å². The molecule has 1 rings (SSSR count). The van der Waals surface area contributed by atoms with Gasteiger partial charge in [-0.15, -0.1) is 17.0 Å². The van der Waals surface area contributed by atoms with Crippen molar-refractivity contribution in [3.8, 4) is 0 Å². The molecule has 0 aromatic heterocycles. The number of rotatable bonds is 17. The maximum Gasteiger partial charge on any atom is 0.151 e. The van der Waals surface area contributed by atoms with Crippen LogP contribution in [0.4, 0.5) is 4.39 Å². The maximum atomic E-state index is 13.9. The van der Waals surface area contributed by atoms with Gasteiger partial charge in [0.1, 0.15) is 5.82 Å². The summed E-state index contributed by atoms with van der Waals surface area (Å²) in [5.74, 6) is 1.14. The Morgan fingerprint density at radius 2 is 1.61 bits per heavy atom. The molecular formula is C23H39BrClFN2OS2. The number of thioether (sulfide) groups is 1. The SMILES string of the molecule is Br.CCCCCCc1c(S(=O)CCCCCCCCCCSC(=N)N)ccc(F)c1Cl. The van der Waals surface area contributed by atoms with Crippen molar-refractivity contribution in [1.82, 2.24) is 0 Å². The van der Waals surface area contributed by atoms with Crippen LogP contribution in [0.15, 0.2) is 17.0 Å². The Balaban J connectivity index is 0.00000900. The van der Waals surface area contributed by atoms with Crippen molar-refractivity contribution in [2.75, 3.05) is 11.5 Å². The smallest absolute Gasteiger partial charge is 0.151 e. The van der Waals surface area contributed by atoms with Crippen LogP contribution in [0.5, 0.6) is 0 Å². The summed E-state index contributed by atoms with van der Waals surface area (Å²) in [5, 5.41) is 7.52. The number of halogens is 3. The monoisotopic (exact) mass is 556 g/mol. The summed E-state index contributed by atoms with van der Waals surface area (Å²) in [4.78, 5) is 0.723. The zero-order chi connectivity index (χ0) is 22.2. The fraction of sp³-hybridized carbons (Fsp3) is 0.696. The standard InChI is InChI=1S/C23H38ClFN2OS2.BrH/c1-2-3-4-11-14-19-21(16-15-20(25)22(19)24)30(28)18-13-10-8-6-5-7-9-12-17-29-23(26)27;/h15-16H,2-14,17-18H2,1H3,(H3,26,27);1H. The third kappa shape index (κ3) is 13.9. The molecular weight excluding hydrogens is 519 g/mol. The summed E-state index contributed by atoms with van der Waals surface area (Å²) >= 11 is 7.63. The molecule has 0 aliphatic carbocycles. The second kappa shape index (κ2) is 19.4. The lowest BCUT2D eigenvalue weighted by atomic mass is 10.1. The Morgan fingerprint density at radius 1 is 1.03 bits per heavy atom. The lowest BCUT2D eigenvalue weighted by molar-refractivity contribution is 0.586.